The topological polar surface area (TPSA) is 52.6 Å². The molecule has 0 bridgehead atoms. The molecule has 2 atom stereocenters. The molecular weight excluding hydrogens is 280 g/mol. The molecular formula is C18H28O4. The molecule has 1 heterocycles. The molecule has 124 valence electrons. The Morgan fingerprint density at radius 1 is 0.727 bits per heavy atom. The summed E-state index contributed by atoms with van der Waals surface area (Å²) in [5, 5.41) is 0. The molecule has 0 N–H and O–H groups in total. The lowest BCUT2D eigenvalue weighted by Crippen LogP contribution is -2.43. The smallest absolute Gasteiger partial charge is 0.348 e. The number of rotatable bonds is 12. The number of carbonyl (C=O) groups excluding carboxylic acids is 2. The van der Waals surface area contributed by atoms with Crippen molar-refractivity contribution in [2.45, 2.75) is 76.4 Å². The summed E-state index contributed by atoms with van der Waals surface area (Å²) >= 11 is 0. The first-order chi connectivity index (χ1) is 10.7. The van der Waals surface area contributed by atoms with E-state index < -0.39 is 12.2 Å². The first-order valence-electron chi connectivity index (χ1n) is 8.31. The second kappa shape index (κ2) is 11.0. The van der Waals surface area contributed by atoms with Gasteiger partial charge in [-0.1, -0.05) is 25.0 Å². The SMILES string of the molecule is C=CCCCCCC1OC(=O)C(CCCCCC=C)OC1=O. The summed E-state index contributed by atoms with van der Waals surface area (Å²) in [6.07, 6.45) is 11.2. The van der Waals surface area contributed by atoms with Crippen LogP contribution in [0.25, 0.3) is 0 Å². The van der Waals surface area contributed by atoms with Crippen molar-refractivity contribution in [2.24, 2.45) is 0 Å². The molecule has 0 aromatic rings. The Kier molecular flexibility index (Phi) is 9.28. The number of unbranched alkanes of at least 4 members (excludes halogenated alkanes) is 6. The summed E-state index contributed by atoms with van der Waals surface area (Å²) in [6, 6.07) is 0. The van der Waals surface area contributed by atoms with Crippen molar-refractivity contribution >= 4 is 11.9 Å². The predicted molar refractivity (Wildman–Crippen MR) is 86.3 cm³/mol. The second-order valence-corrected chi connectivity index (χ2v) is 5.70. The van der Waals surface area contributed by atoms with Crippen LogP contribution in [0.3, 0.4) is 0 Å². The number of cyclic esters (lactones) is 2. The fraction of sp³-hybridized carbons (Fsp3) is 0.667. The van der Waals surface area contributed by atoms with Crippen LogP contribution in [0.5, 0.6) is 0 Å². The zero-order valence-electron chi connectivity index (χ0n) is 13.4. The van der Waals surface area contributed by atoms with Crippen LogP contribution < -0.4 is 0 Å². The standard InChI is InChI=1S/C18H28O4/c1-3-5-7-9-11-13-15-17(19)22-16(18(20)21-15)14-12-10-8-6-4-2/h3-4,15-16H,1-2,5-14H2. The maximum Gasteiger partial charge on any atom is 0.348 e. The van der Waals surface area contributed by atoms with Gasteiger partial charge < -0.3 is 9.47 Å². The van der Waals surface area contributed by atoms with Crippen molar-refractivity contribution in [3.05, 3.63) is 25.3 Å². The molecule has 2 unspecified atom stereocenters. The summed E-state index contributed by atoms with van der Waals surface area (Å²) in [5.41, 5.74) is 0. The summed E-state index contributed by atoms with van der Waals surface area (Å²) in [4.78, 5) is 23.8. The lowest BCUT2D eigenvalue weighted by atomic mass is 10.1. The van der Waals surface area contributed by atoms with Crippen molar-refractivity contribution in [2.75, 3.05) is 0 Å². The fourth-order valence-corrected chi connectivity index (χ4v) is 2.47. The van der Waals surface area contributed by atoms with E-state index in [0.29, 0.717) is 12.8 Å². The van der Waals surface area contributed by atoms with E-state index >= 15 is 0 Å². The van der Waals surface area contributed by atoms with Crippen LogP contribution in [0.2, 0.25) is 0 Å². The van der Waals surface area contributed by atoms with Gasteiger partial charge in [0.05, 0.1) is 0 Å². The molecule has 1 aliphatic rings. The molecule has 0 amide bonds. The first-order valence-corrected chi connectivity index (χ1v) is 8.31. The number of allylic oxidation sites excluding steroid dienone is 2. The van der Waals surface area contributed by atoms with Crippen molar-refractivity contribution in [3.63, 3.8) is 0 Å². The molecule has 0 saturated carbocycles. The van der Waals surface area contributed by atoms with Gasteiger partial charge in [0.25, 0.3) is 0 Å². The molecule has 0 aliphatic carbocycles. The molecule has 1 aliphatic heterocycles. The highest BCUT2D eigenvalue weighted by Crippen LogP contribution is 2.20. The second-order valence-electron chi connectivity index (χ2n) is 5.70. The van der Waals surface area contributed by atoms with Gasteiger partial charge in [-0.15, -0.1) is 13.2 Å². The van der Waals surface area contributed by atoms with Crippen LogP contribution in [0.1, 0.15) is 64.2 Å². The zero-order chi connectivity index (χ0) is 16.2. The van der Waals surface area contributed by atoms with Gasteiger partial charge in [0.2, 0.25) is 0 Å². The summed E-state index contributed by atoms with van der Waals surface area (Å²) < 4.78 is 10.5. The molecule has 0 spiro atoms. The minimum atomic E-state index is -0.715. The molecule has 4 nitrogen and oxygen atoms in total. The molecule has 22 heavy (non-hydrogen) atoms. The van der Waals surface area contributed by atoms with E-state index in [9.17, 15) is 9.59 Å². The minimum absolute atomic E-state index is 0.389. The Bertz CT molecular complexity index is 339. The van der Waals surface area contributed by atoms with Gasteiger partial charge in [-0.2, -0.15) is 0 Å². The van der Waals surface area contributed by atoms with Crippen LogP contribution in [-0.4, -0.2) is 24.1 Å². The van der Waals surface area contributed by atoms with E-state index in [1.807, 2.05) is 12.2 Å². The van der Waals surface area contributed by atoms with Crippen molar-refractivity contribution < 1.29 is 19.1 Å². The molecule has 0 radical (unpaired) electrons. The van der Waals surface area contributed by atoms with Gasteiger partial charge >= 0.3 is 11.9 Å². The third kappa shape index (κ3) is 6.92. The van der Waals surface area contributed by atoms with E-state index in [-0.39, 0.29) is 11.9 Å². The Labute approximate surface area is 133 Å². The number of hydrogen-bond donors (Lipinski definition) is 0. The molecule has 4 heteroatoms. The van der Waals surface area contributed by atoms with Crippen LogP contribution in [-0.2, 0) is 19.1 Å². The number of hydrogen-bond acceptors (Lipinski definition) is 4. The predicted octanol–water partition coefficient (Wildman–Crippen LogP) is 4.10. The quantitative estimate of drug-likeness (QED) is 0.309. The number of carbonyl (C=O) groups is 2. The largest absolute Gasteiger partial charge is 0.448 e. The molecule has 0 aromatic heterocycles. The highest BCUT2D eigenvalue weighted by Gasteiger charge is 2.37. The Hall–Kier alpha value is -1.58. The maximum atomic E-state index is 11.9. The zero-order valence-corrected chi connectivity index (χ0v) is 13.4. The number of ether oxygens (including phenoxy) is 2. The molecule has 1 saturated heterocycles. The molecule has 1 fully saturated rings. The average Bonchev–Trinajstić information content (AvgIpc) is 2.51. The van der Waals surface area contributed by atoms with Gasteiger partial charge in [-0.25, -0.2) is 9.59 Å². The normalized spacial score (nSPS) is 21.1. The van der Waals surface area contributed by atoms with Crippen LogP contribution in [0, 0.1) is 0 Å². The van der Waals surface area contributed by atoms with E-state index in [1.165, 1.54) is 0 Å². The Morgan fingerprint density at radius 3 is 1.50 bits per heavy atom. The van der Waals surface area contributed by atoms with E-state index in [4.69, 9.17) is 9.47 Å². The molecule has 0 aromatic carbocycles. The van der Waals surface area contributed by atoms with E-state index in [0.717, 1.165) is 51.4 Å². The Balaban J connectivity index is 2.22. The Morgan fingerprint density at radius 2 is 1.14 bits per heavy atom. The minimum Gasteiger partial charge on any atom is -0.448 e. The van der Waals surface area contributed by atoms with Gasteiger partial charge in [-0.05, 0) is 51.4 Å². The number of esters is 2. The molecule has 1 rings (SSSR count). The summed E-state index contributed by atoms with van der Waals surface area (Å²) in [5.74, 6) is -0.779. The lowest BCUT2D eigenvalue weighted by Gasteiger charge is -2.27. The van der Waals surface area contributed by atoms with Gasteiger partial charge in [0.15, 0.2) is 12.2 Å². The highest BCUT2D eigenvalue weighted by molar-refractivity contribution is 5.87. The van der Waals surface area contributed by atoms with Gasteiger partial charge in [-0.3, -0.25) is 0 Å². The van der Waals surface area contributed by atoms with Gasteiger partial charge in [0.1, 0.15) is 0 Å². The third-order valence-corrected chi connectivity index (χ3v) is 3.79. The van der Waals surface area contributed by atoms with Gasteiger partial charge in [0, 0.05) is 0 Å². The summed E-state index contributed by atoms with van der Waals surface area (Å²) in [7, 11) is 0. The van der Waals surface area contributed by atoms with Crippen LogP contribution in [0.15, 0.2) is 25.3 Å². The van der Waals surface area contributed by atoms with Crippen LogP contribution in [0.4, 0.5) is 0 Å². The van der Waals surface area contributed by atoms with E-state index in [2.05, 4.69) is 13.2 Å². The average molecular weight is 308 g/mol. The van der Waals surface area contributed by atoms with Crippen molar-refractivity contribution in [3.8, 4) is 0 Å². The first kappa shape index (κ1) is 18.5. The maximum absolute atomic E-state index is 11.9. The van der Waals surface area contributed by atoms with E-state index in [1.54, 1.807) is 0 Å². The fourth-order valence-electron chi connectivity index (χ4n) is 2.47. The van der Waals surface area contributed by atoms with Crippen molar-refractivity contribution in [1.29, 1.82) is 0 Å². The van der Waals surface area contributed by atoms with Crippen molar-refractivity contribution in [1.82, 2.24) is 0 Å². The third-order valence-electron chi connectivity index (χ3n) is 3.79. The lowest BCUT2D eigenvalue weighted by molar-refractivity contribution is -0.196. The monoisotopic (exact) mass is 308 g/mol. The summed E-state index contributed by atoms with van der Waals surface area (Å²) in [6.45, 7) is 7.34. The highest BCUT2D eigenvalue weighted by atomic mass is 16.6. The van der Waals surface area contributed by atoms with Crippen LogP contribution >= 0.6 is 0 Å².